The van der Waals surface area contributed by atoms with Crippen LogP contribution in [0.25, 0.3) is 0 Å². The summed E-state index contributed by atoms with van der Waals surface area (Å²) in [6, 6.07) is 11.4. The number of ketones is 1. The van der Waals surface area contributed by atoms with Crippen LogP contribution in [0, 0.1) is 17.0 Å². The van der Waals surface area contributed by atoms with Gasteiger partial charge in [0, 0.05) is 11.1 Å². The van der Waals surface area contributed by atoms with Gasteiger partial charge in [0.2, 0.25) is 5.75 Å². The topological polar surface area (TPSA) is 69.4 Å². The van der Waals surface area contributed by atoms with Gasteiger partial charge in [-0.05, 0) is 32.0 Å². The third kappa shape index (κ3) is 2.83. The number of ether oxygens (including phenoxy) is 1. The number of nitrogens with zero attached hydrogens (tertiary/aromatic N) is 1. The average Bonchev–Trinajstić information content (AvgIpc) is 2.38. The Morgan fingerprint density at radius 3 is 2.55 bits per heavy atom. The highest BCUT2D eigenvalue weighted by atomic mass is 16.6. The number of para-hydroxylation sites is 1. The highest BCUT2D eigenvalue weighted by molar-refractivity contribution is 5.94. The van der Waals surface area contributed by atoms with Gasteiger partial charge in [0.1, 0.15) is 5.75 Å². The molecule has 0 spiro atoms. The number of rotatable bonds is 4. The molecule has 0 atom stereocenters. The van der Waals surface area contributed by atoms with Gasteiger partial charge in [0.15, 0.2) is 5.78 Å². The molecule has 0 aromatic heterocycles. The standard InChI is InChI=1S/C15H13NO4/c1-10-5-3-8-14(15(10)16(18)19)20-13-7-4-6-12(9-13)11(2)17/h3-9H,1-2H3. The Morgan fingerprint density at radius 1 is 1.20 bits per heavy atom. The van der Waals surface area contributed by atoms with Crippen LogP contribution in [0.3, 0.4) is 0 Å². The molecule has 0 amide bonds. The summed E-state index contributed by atoms with van der Waals surface area (Å²) in [5.74, 6) is 0.469. The van der Waals surface area contributed by atoms with Crippen LogP contribution in [0.1, 0.15) is 22.8 Å². The van der Waals surface area contributed by atoms with Gasteiger partial charge in [-0.3, -0.25) is 14.9 Å². The normalized spacial score (nSPS) is 10.1. The molecule has 2 aromatic carbocycles. The van der Waals surface area contributed by atoms with E-state index in [1.54, 1.807) is 43.3 Å². The summed E-state index contributed by atoms with van der Waals surface area (Å²) < 4.78 is 5.55. The van der Waals surface area contributed by atoms with Crippen LogP contribution in [0.4, 0.5) is 5.69 Å². The molecule has 102 valence electrons. The fourth-order valence-electron chi connectivity index (χ4n) is 1.85. The molecule has 0 bridgehead atoms. The lowest BCUT2D eigenvalue weighted by atomic mass is 10.1. The van der Waals surface area contributed by atoms with Gasteiger partial charge >= 0.3 is 5.69 Å². The first kappa shape index (κ1) is 13.7. The Bertz CT molecular complexity index is 679. The third-order valence-corrected chi connectivity index (χ3v) is 2.85. The molecule has 0 heterocycles. The number of carbonyl (C=O) groups is 1. The molecular formula is C15H13NO4. The molecule has 2 rings (SSSR count). The van der Waals surface area contributed by atoms with Crippen LogP contribution in [0.5, 0.6) is 11.5 Å². The van der Waals surface area contributed by atoms with Crippen molar-refractivity contribution in [1.82, 2.24) is 0 Å². The van der Waals surface area contributed by atoms with Crippen LogP contribution < -0.4 is 4.74 Å². The highest BCUT2D eigenvalue weighted by Crippen LogP contribution is 2.34. The largest absolute Gasteiger partial charge is 0.450 e. The van der Waals surface area contributed by atoms with Gasteiger partial charge in [-0.15, -0.1) is 0 Å². The number of hydrogen-bond acceptors (Lipinski definition) is 4. The number of nitro groups is 1. The molecule has 0 unspecified atom stereocenters. The summed E-state index contributed by atoms with van der Waals surface area (Å²) in [5, 5.41) is 11.1. The summed E-state index contributed by atoms with van der Waals surface area (Å²) in [5.41, 5.74) is 0.953. The maximum absolute atomic E-state index is 11.3. The lowest BCUT2D eigenvalue weighted by molar-refractivity contribution is -0.386. The summed E-state index contributed by atoms with van der Waals surface area (Å²) in [6.07, 6.45) is 0. The molecule has 0 saturated heterocycles. The van der Waals surface area contributed by atoms with E-state index < -0.39 is 4.92 Å². The van der Waals surface area contributed by atoms with E-state index >= 15 is 0 Å². The first-order valence-corrected chi connectivity index (χ1v) is 6.02. The molecule has 0 radical (unpaired) electrons. The molecule has 0 N–H and O–H groups in total. The first-order valence-electron chi connectivity index (χ1n) is 6.02. The monoisotopic (exact) mass is 271 g/mol. The van der Waals surface area contributed by atoms with Crippen molar-refractivity contribution in [3.63, 3.8) is 0 Å². The molecule has 0 aliphatic carbocycles. The van der Waals surface area contributed by atoms with E-state index in [-0.39, 0.29) is 17.2 Å². The fraction of sp³-hybridized carbons (Fsp3) is 0.133. The van der Waals surface area contributed by atoms with Crippen molar-refractivity contribution >= 4 is 11.5 Å². The first-order chi connectivity index (χ1) is 9.49. The maximum atomic E-state index is 11.3. The Kier molecular flexibility index (Phi) is 3.79. The smallest absolute Gasteiger partial charge is 0.314 e. The minimum Gasteiger partial charge on any atom is -0.450 e. The second-order valence-electron chi connectivity index (χ2n) is 4.36. The summed E-state index contributed by atoms with van der Waals surface area (Å²) in [4.78, 5) is 21.9. The zero-order valence-corrected chi connectivity index (χ0v) is 11.1. The minimum absolute atomic E-state index is 0.0688. The SMILES string of the molecule is CC(=O)c1cccc(Oc2cccc(C)c2[N+](=O)[O-])c1. The number of Topliss-reactive ketones (excluding diaryl/α,β-unsaturated/α-hetero) is 1. The van der Waals surface area contributed by atoms with Gasteiger partial charge < -0.3 is 4.74 Å². The van der Waals surface area contributed by atoms with E-state index in [2.05, 4.69) is 0 Å². The van der Waals surface area contributed by atoms with Crippen molar-refractivity contribution in [3.8, 4) is 11.5 Å². The number of aryl methyl sites for hydroxylation is 1. The van der Waals surface area contributed by atoms with Gasteiger partial charge in [-0.1, -0.05) is 24.3 Å². The summed E-state index contributed by atoms with van der Waals surface area (Å²) in [7, 11) is 0. The van der Waals surface area contributed by atoms with Gasteiger partial charge in [-0.25, -0.2) is 0 Å². The molecule has 0 fully saturated rings. The molecule has 0 saturated carbocycles. The third-order valence-electron chi connectivity index (χ3n) is 2.85. The van der Waals surface area contributed by atoms with Crippen LogP contribution in [-0.2, 0) is 0 Å². The lowest BCUT2D eigenvalue weighted by Crippen LogP contribution is -1.97. The van der Waals surface area contributed by atoms with E-state index in [1.165, 1.54) is 13.0 Å². The van der Waals surface area contributed by atoms with E-state index in [1.807, 2.05) is 0 Å². The van der Waals surface area contributed by atoms with Crippen molar-refractivity contribution in [2.45, 2.75) is 13.8 Å². The van der Waals surface area contributed by atoms with Crippen molar-refractivity contribution < 1.29 is 14.5 Å². The van der Waals surface area contributed by atoms with Crippen molar-refractivity contribution in [2.75, 3.05) is 0 Å². The molecule has 0 aliphatic heterocycles. The second-order valence-corrected chi connectivity index (χ2v) is 4.36. The lowest BCUT2D eigenvalue weighted by Gasteiger charge is -2.08. The Labute approximate surface area is 116 Å². The van der Waals surface area contributed by atoms with Crippen molar-refractivity contribution in [3.05, 3.63) is 63.7 Å². The molecule has 20 heavy (non-hydrogen) atoms. The summed E-state index contributed by atoms with van der Waals surface area (Å²) >= 11 is 0. The number of nitro benzene ring substituents is 1. The van der Waals surface area contributed by atoms with E-state index in [0.717, 1.165) is 0 Å². The molecular weight excluding hydrogens is 258 g/mol. The molecule has 0 aliphatic rings. The second kappa shape index (κ2) is 5.52. The van der Waals surface area contributed by atoms with Gasteiger partial charge in [0.25, 0.3) is 0 Å². The van der Waals surface area contributed by atoms with Crippen LogP contribution in [0.2, 0.25) is 0 Å². The Morgan fingerprint density at radius 2 is 1.90 bits per heavy atom. The van der Waals surface area contributed by atoms with Crippen LogP contribution in [0.15, 0.2) is 42.5 Å². The zero-order valence-electron chi connectivity index (χ0n) is 11.1. The van der Waals surface area contributed by atoms with Crippen LogP contribution in [-0.4, -0.2) is 10.7 Å². The zero-order chi connectivity index (χ0) is 14.7. The van der Waals surface area contributed by atoms with Gasteiger partial charge in [0.05, 0.1) is 4.92 Å². The molecule has 5 heteroatoms. The highest BCUT2D eigenvalue weighted by Gasteiger charge is 2.18. The predicted molar refractivity (Wildman–Crippen MR) is 74.4 cm³/mol. The number of hydrogen-bond donors (Lipinski definition) is 0. The summed E-state index contributed by atoms with van der Waals surface area (Å²) in [6.45, 7) is 3.10. The average molecular weight is 271 g/mol. The predicted octanol–water partition coefficient (Wildman–Crippen LogP) is 3.90. The van der Waals surface area contributed by atoms with Crippen LogP contribution >= 0.6 is 0 Å². The Balaban J connectivity index is 2.40. The number of carbonyl (C=O) groups excluding carboxylic acids is 1. The number of benzene rings is 2. The van der Waals surface area contributed by atoms with E-state index in [4.69, 9.17) is 4.74 Å². The molecule has 5 nitrogen and oxygen atoms in total. The fourth-order valence-corrected chi connectivity index (χ4v) is 1.85. The van der Waals surface area contributed by atoms with Crippen molar-refractivity contribution in [2.24, 2.45) is 0 Å². The van der Waals surface area contributed by atoms with E-state index in [0.29, 0.717) is 16.9 Å². The van der Waals surface area contributed by atoms with Crippen molar-refractivity contribution in [1.29, 1.82) is 0 Å². The Hall–Kier alpha value is -2.69. The minimum atomic E-state index is -0.473. The quantitative estimate of drug-likeness (QED) is 0.480. The maximum Gasteiger partial charge on any atom is 0.314 e. The van der Waals surface area contributed by atoms with E-state index in [9.17, 15) is 14.9 Å². The molecule has 2 aromatic rings. The van der Waals surface area contributed by atoms with Gasteiger partial charge in [-0.2, -0.15) is 0 Å².